The van der Waals surface area contributed by atoms with Crippen molar-refractivity contribution >= 4 is 150 Å². The molecule has 1 aromatic heterocycles. The first kappa shape index (κ1) is 84.2. The molecule has 0 spiro atoms. The third-order valence-corrected chi connectivity index (χ3v) is 14.1. The molecule has 0 unspecified atom stereocenters. The van der Waals surface area contributed by atoms with E-state index in [1.165, 1.54) is 29.6 Å². The number of ether oxygens (including phenoxy) is 6. The molecule has 2 aromatic carbocycles. The lowest BCUT2D eigenvalue weighted by atomic mass is 10.2. The summed E-state index contributed by atoms with van der Waals surface area (Å²) < 4.78 is 32.9. The van der Waals surface area contributed by atoms with Crippen LogP contribution in [-0.4, -0.2) is 153 Å². The van der Waals surface area contributed by atoms with E-state index in [1.54, 1.807) is 149 Å². The highest BCUT2D eigenvalue weighted by atomic mass is 79.9. The van der Waals surface area contributed by atoms with Crippen molar-refractivity contribution in [3.63, 3.8) is 0 Å². The average molecular weight is 1540 g/mol. The summed E-state index contributed by atoms with van der Waals surface area (Å²) in [5, 5.41) is 26.6. The maximum atomic E-state index is 14.3. The van der Waals surface area contributed by atoms with Crippen molar-refractivity contribution < 1.29 is 76.4 Å². The van der Waals surface area contributed by atoms with Gasteiger partial charge in [0, 0.05) is 65.5 Å². The van der Waals surface area contributed by atoms with Gasteiger partial charge in [0.2, 0.25) is 23.7 Å². The van der Waals surface area contributed by atoms with Crippen molar-refractivity contribution in [2.75, 3.05) is 59.0 Å². The molecule has 0 bridgehead atoms. The Labute approximate surface area is 597 Å². The Morgan fingerprint density at radius 3 is 0.959 bits per heavy atom. The Bertz CT molecular complexity index is 3110. The van der Waals surface area contributed by atoms with Gasteiger partial charge in [-0.3, -0.25) is 50.4 Å². The topological polar surface area (TPSA) is 397 Å². The lowest BCUT2D eigenvalue weighted by Crippen LogP contribution is -2.47. The molecule has 0 saturated carbocycles. The lowest BCUT2D eigenvalue weighted by molar-refractivity contribution is -0.117. The molecule has 0 atom stereocenters. The van der Waals surface area contributed by atoms with Crippen molar-refractivity contribution in [3.05, 3.63) is 57.0 Å². The molecule has 1 heterocycles. The van der Waals surface area contributed by atoms with Crippen LogP contribution < -0.4 is 53.2 Å². The first-order chi connectivity index (χ1) is 45.2. The summed E-state index contributed by atoms with van der Waals surface area (Å²) in [7, 11) is 0. The van der Waals surface area contributed by atoms with E-state index in [2.05, 4.69) is 105 Å². The van der Waals surface area contributed by atoms with Crippen LogP contribution in [0.5, 0.6) is 0 Å². The molecule has 3 aromatic rings. The highest BCUT2D eigenvalue weighted by molar-refractivity contribution is 9.10. The fourth-order valence-corrected chi connectivity index (χ4v) is 10.3. The van der Waals surface area contributed by atoms with E-state index >= 15 is 0 Å². The molecule has 0 aliphatic heterocycles. The van der Waals surface area contributed by atoms with Crippen LogP contribution >= 0.6 is 55.4 Å². The highest BCUT2D eigenvalue weighted by Crippen LogP contribution is 2.40. The molecule has 98 heavy (non-hydrogen) atoms. The van der Waals surface area contributed by atoms with Crippen LogP contribution in [0.25, 0.3) is 0 Å². The fourth-order valence-electron chi connectivity index (χ4n) is 7.51. The smallest absolute Gasteiger partial charge is 0.414 e. The van der Waals surface area contributed by atoms with Crippen LogP contribution in [0.1, 0.15) is 184 Å². The number of rotatable bonds is 24. The number of carbonyl (C=O) groups is 10. The number of thioether (sulfide) groups is 2. The van der Waals surface area contributed by atoms with E-state index in [-0.39, 0.29) is 96.6 Å². The van der Waals surface area contributed by atoms with Crippen LogP contribution in [0.4, 0.5) is 51.5 Å². The molecule has 10 amide bonds. The van der Waals surface area contributed by atoms with Gasteiger partial charge in [0.1, 0.15) is 51.3 Å². The number of alkyl carbamates (subject to hydrolysis) is 6. The van der Waals surface area contributed by atoms with E-state index in [9.17, 15) is 47.9 Å². The third kappa shape index (κ3) is 37.1. The summed E-state index contributed by atoms with van der Waals surface area (Å²) in [4.78, 5) is 149. The number of unbranched alkanes of at least 4 members (excludes halogenated alkanes) is 2. The van der Waals surface area contributed by atoms with Gasteiger partial charge in [-0.1, -0.05) is 31.9 Å². The molecule has 0 radical (unpaired) electrons. The molecule has 542 valence electrons. The number of hydrogen-bond donors (Lipinski definition) is 10. The predicted molar refractivity (Wildman–Crippen MR) is 383 cm³/mol. The number of aliphatic imine (C=N–C) groups is 2. The number of anilines is 4. The number of halogens is 2. The fraction of sp³-hybridized carbons (Fsp3) is 0.562. The van der Waals surface area contributed by atoms with Gasteiger partial charge in [0.05, 0.1) is 32.5 Å². The van der Waals surface area contributed by atoms with E-state index in [4.69, 9.17) is 28.4 Å². The Morgan fingerprint density at radius 1 is 0.398 bits per heavy atom. The van der Waals surface area contributed by atoms with Crippen molar-refractivity contribution in [1.29, 1.82) is 0 Å². The van der Waals surface area contributed by atoms with E-state index in [1.807, 2.05) is 0 Å². The second kappa shape index (κ2) is 38.4. The van der Waals surface area contributed by atoms with Gasteiger partial charge >= 0.3 is 36.6 Å². The minimum atomic E-state index is -0.861. The van der Waals surface area contributed by atoms with Crippen LogP contribution in [-0.2, 0) is 38.0 Å². The van der Waals surface area contributed by atoms with Gasteiger partial charge in [-0.25, -0.2) is 38.7 Å². The number of hydrogen-bond acceptors (Lipinski definition) is 22. The van der Waals surface area contributed by atoms with Gasteiger partial charge in [-0.2, -0.15) is 0 Å². The minimum absolute atomic E-state index is 0.00701. The summed E-state index contributed by atoms with van der Waals surface area (Å²) in [6.07, 6.45) is -2.47. The Morgan fingerprint density at radius 2 is 0.673 bits per heavy atom. The Kier molecular flexibility index (Phi) is 33.0. The molecule has 0 aliphatic carbocycles. The van der Waals surface area contributed by atoms with E-state index in [0.29, 0.717) is 44.4 Å². The van der Waals surface area contributed by atoms with Gasteiger partial charge in [-0.15, -0.1) is 23.5 Å². The van der Waals surface area contributed by atoms with Gasteiger partial charge < -0.3 is 60.3 Å². The van der Waals surface area contributed by atoms with Crippen LogP contribution in [0.3, 0.4) is 0 Å². The van der Waals surface area contributed by atoms with Crippen LogP contribution in [0, 0.1) is 0 Å². The Balaban J connectivity index is 1.92. The quantitative estimate of drug-likeness (QED) is 0.0131. The summed E-state index contributed by atoms with van der Waals surface area (Å²) in [6.45, 7) is 30.8. The van der Waals surface area contributed by atoms with Crippen molar-refractivity contribution in [1.82, 2.24) is 41.9 Å². The van der Waals surface area contributed by atoms with Gasteiger partial charge in [0.25, 0.3) is 11.8 Å². The van der Waals surface area contributed by atoms with Crippen molar-refractivity contribution in [2.45, 2.75) is 207 Å². The summed E-state index contributed by atoms with van der Waals surface area (Å²) in [6, 6.07) is 7.62. The monoisotopic (exact) mass is 1540 g/mol. The number of guanidine groups is 2. The predicted octanol–water partition coefficient (Wildman–Crippen LogP) is 12.8. The third-order valence-electron chi connectivity index (χ3n) is 11.0. The number of nitrogens with one attached hydrogen (secondary N) is 10. The summed E-state index contributed by atoms with van der Waals surface area (Å²) in [5.74, 6) is -2.37. The lowest BCUT2D eigenvalue weighted by Gasteiger charge is -2.22. The van der Waals surface area contributed by atoms with Crippen LogP contribution in [0.2, 0.25) is 0 Å². The maximum absolute atomic E-state index is 14.3. The van der Waals surface area contributed by atoms with Crippen molar-refractivity contribution in [3.8, 4) is 0 Å². The number of aromatic nitrogens is 2. The van der Waals surface area contributed by atoms with Crippen LogP contribution in [0.15, 0.2) is 65.4 Å². The van der Waals surface area contributed by atoms with Crippen molar-refractivity contribution in [2.24, 2.45) is 9.98 Å². The zero-order valence-electron chi connectivity index (χ0n) is 58.8. The second-order valence-corrected chi connectivity index (χ2v) is 31.4. The first-order valence-corrected chi connectivity index (χ1v) is 34.8. The summed E-state index contributed by atoms with van der Waals surface area (Å²) >= 11 is 9.38. The molecular formula is C64H94Br2N14O16S2. The summed E-state index contributed by atoms with van der Waals surface area (Å²) in [5.41, 5.74) is -4.40. The zero-order valence-corrected chi connectivity index (χ0v) is 63.6. The zero-order chi connectivity index (χ0) is 74.0. The minimum Gasteiger partial charge on any atom is -0.444 e. The molecule has 0 aliphatic rings. The molecular weight excluding hydrogens is 1440 g/mol. The highest BCUT2D eigenvalue weighted by Gasteiger charge is 2.27. The Hall–Kier alpha value is -7.98. The molecule has 10 N–H and O–H groups in total. The van der Waals surface area contributed by atoms with E-state index in [0.717, 1.165) is 6.33 Å². The second-order valence-electron chi connectivity index (χ2n) is 27.4. The first-order valence-electron chi connectivity index (χ1n) is 31.2. The largest absolute Gasteiger partial charge is 0.444 e. The normalized spacial score (nSPS) is 11.6. The number of amides is 10. The SMILES string of the molecule is CC(C)(C)OC(=O)NCCSc1c(NC(=O)CCCCN=C(NC(=O)OC(C)(C)C)NC(=O)OC(C)(C)C)cc(Br)cc1NC(=O)c1cc(C(=O)Nc2cc(Br)cc(NC(=O)CCCCN=C(NC(=O)OC(C)(C)C)NC(=O)OC(C)(C)C)c2SCCNC(=O)OC(C)(C)C)ncn1. The average Bonchev–Trinajstić information content (AvgIpc) is 0.818. The molecule has 30 nitrogen and oxygen atoms in total. The standard InChI is InChI=1S/C64H94Br2N14O16S2/c1-59(2,3)91-53(85)69-27-29-97-47-39(73-45(81)23-19-21-25-67-51(77-55(87)93-61(7,8)9)78-56(88)94-62(10,11)12)31-37(65)33-41(47)75-49(83)43-35-44(72-36-71-43)50(84)76-42-34-38(66)32-40(48(42)98-30-28-70-54(86)92-60(4,5)6)74-46(82)24-20-22-26-68-52(79-57(89)95-63(13,14)15)80-58(90)96-64(16,17)18/h31-36H,19-30H2,1-18H3,(H,69,85)(H,70,86)(H,73,81)(H,74,82)(H,75,83)(H,76,84)(H2,67,77,78,87,88)(H2,68,79,80,89,90). The number of benzene rings is 2. The molecule has 0 saturated heterocycles. The maximum Gasteiger partial charge on any atom is 0.414 e. The van der Waals surface area contributed by atoms with Gasteiger partial charge in [-0.05, 0) is 175 Å². The van der Waals surface area contributed by atoms with Gasteiger partial charge in [0.15, 0.2) is 0 Å². The number of nitrogens with zero attached hydrogens (tertiary/aromatic N) is 4. The molecule has 0 fully saturated rings. The number of carbonyl (C=O) groups excluding carboxylic acids is 10. The molecule has 3 rings (SSSR count). The van der Waals surface area contributed by atoms with E-state index < -0.39 is 93.8 Å². The molecule has 34 heteroatoms.